The van der Waals surface area contributed by atoms with Crippen molar-refractivity contribution in [3.05, 3.63) is 112 Å². The maximum atomic E-state index is 13.6. The molecule has 2 amide bonds. The molecule has 11 heteroatoms. The molecule has 2 N–H and O–H groups in total. The summed E-state index contributed by atoms with van der Waals surface area (Å²) in [5.41, 5.74) is 7.19. The monoisotopic (exact) mass is 591 g/mol. The Morgan fingerprint density at radius 1 is 0.976 bits per heavy atom. The number of hydrogen-bond acceptors (Lipinski definition) is 5. The van der Waals surface area contributed by atoms with Gasteiger partial charge in [0.15, 0.2) is 0 Å². The molecule has 0 saturated heterocycles. The smallest absolute Gasteiger partial charge is 0.255 e. The third-order valence-electron chi connectivity index (χ3n) is 6.26. The number of nitrogens with zero attached hydrogens (tertiary/aromatic N) is 3. The standard InChI is InChI=1S/C30H30ClN5O4S/c1-21-16-25(22(2)36(21)28-11-7-10-26(31)17-28)18-32-34-30(38)20-35(19-24-8-5-4-6-9-24)41(39,40)29-14-12-27(13-15-29)33-23(3)37/h4-18H,19-20H2,1-3H3,(H,33,37)(H,34,38)/b32-18+. The van der Waals surface area contributed by atoms with Crippen molar-refractivity contribution in [3.63, 3.8) is 0 Å². The molecule has 0 aliphatic heterocycles. The van der Waals surface area contributed by atoms with Crippen molar-refractivity contribution in [2.45, 2.75) is 32.2 Å². The van der Waals surface area contributed by atoms with Gasteiger partial charge in [-0.05, 0) is 67.9 Å². The zero-order valence-electron chi connectivity index (χ0n) is 22.8. The third-order valence-corrected chi connectivity index (χ3v) is 8.30. The van der Waals surface area contributed by atoms with E-state index in [0.717, 1.165) is 32.5 Å². The lowest BCUT2D eigenvalue weighted by molar-refractivity contribution is -0.121. The van der Waals surface area contributed by atoms with Crippen molar-refractivity contribution in [1.82, 2.24) is 14.3 Å². The molecule has 3 aromatic carbocycles. The van der Waals surface area contributed by atoms with Crippen LogP contribution in [0, 0.1) is 13.8 Å². The average Bonchev–Trinajstić information content (AvgIpc) is 3.21. The predicted molar refractivity (Wildman–Crippen MR) is 161 cm³/mol. The van der Waals surface area contributed by atoms with Crippen LogP contribution in [-0.4, -0.2) is 41.9 Å². The number of anilines is 1. The van der Waals surface area contributed by atoms with E-state index in [2.05, 4.69) is 15.8 Å². The average molecular weight is 592 g/mol. The van der Waals surface area contributed by atoms with Gasteiger partial charge >= 0.3 is 0 Å². The van der Waals surface area contributed by atoms with E-state index in [0.29, 0.717) is 10.7 Å². The minimum atomic E-state index is -4.07. The molecular weight excluding hydrogens is 562 g/mol. The summed E-state index contributed by atoms with van der Waals surface area (Å²) < 4.78 is 30.2. The van der Waals surface area contributed by atoms with E-state index < -0.39 is 22.5 Å². The van der Waals surface area contributed by atoms with Gasteiger partial charge < -0.3 is 9.88 Å². The molecule has 0 radical (unpaired) electrons. The van der Waals surface area contributed by atoms with Crippen LogP contribution in [0.5, 0.6) is 0 Å². The Morgan fingerprint density at radius 3 is 2.34 bits per heavy atom. The minimum absolute atomic E-state index is 0.00714. The van der Waals surface area contributed by atoms with Gasteiger partial charge in [0.25, 0.3) is 5.91 Å². The Kier molecular flexibility index (Phi) is 9.38. The lowest BCUT2D eigenvalue weighted by Gasteiger charge is -2.21. The molecule has 0 unspecified atom stereocenters. The van der Waals surface area contributed by atoms with Gasteiger partial charge in [0.1, 0.15) is 0 Å². The fourth-order valence-corrected chi connectivity index (χ4v) is 5.94. The van der Waals surface area contributed by atoms with Crippen LogP contribution in [0.2, 0.25) is 5.02 Å². The second-order valence-corrected chi connectivity index (χ2v) is 11.8. The highest BCUT2D eigenvalue weighted by Gasteiger charge is 2.27. The molecule has 4 rings (SSSR count). The van der Waals surface area contributed by atoms with Gasteiger partial charge in [-0.15, -0.1) is 0 Å². The molecule has 0 aliphatic carbocycles. The molecule has 212 valence electrons. The molecule has 1 aromatic heterocycles. The summed E-state index contributed by atoms with van der Waals surface area (Å²) in [5.74, 6) is -0.866. The van der Waals surface area contributed by atoms with E-state index in [1.807, 2.05) is 48.7 Å². The van der Waals surface area contributed by atoms with Gasteiger partial charge in [0.2, 0.25) is 15.9 Å². The van der Waals surface area contributed by atoms with Crippen molar-refractivity contribution >= 4 is 45.3 Å². The highest BCUT2D eigenvalue weighted by atomic mass is 35.5. The van der Waals surface area contributed by atoms with Gasteiger partial charge in [-0.3, -0.25) is 9.59 Å². The normalized spacial score (nSPS) is 11.6. The molecule has 0 aliphatic rings. The first-order valence-corrected chi connectivity index (χ1v) is 14.5. The van der Waals surface area contributed by atoms with Crippen molar-refractivity contribution in [1.29, 1.82) is 0 Å². The predicted octanol–water partition coefficient (Wildman–Crippen LogP) is 5.05. The summed E-state index contributed by atoms with van der Waals surface area (Å²) in [6.45, 7) is 4.78. The molecular formula is C30H30ClN5O4S. The number of rotatable bonds is 10. The Balaban J connectivity index is 1.51. The number of halogens is 1. The highest BCUT2D eigenvalue weighted by Crippen LogP contribution is 2.23. The van der Waals surface area contributed by atoms with Crippen molar-refractivity contribution < 1.29 is 18.0 Å². The Hall–Kier alpha value is -4.25. The van der Waals surface area contributed by atoms with Gasteiger partial charge in [-0.2, -0.15) is 9.41 Å². The number of hydrazone groups is 1. The zero-order valence-corrected chi connectivity index (χ0v) is 24.4. The minimum Gasteiger partial charge on any atom is -0.326 e. The number of hydrogen-bond donors (Lipinski definition) is 2. The number of benzene rings is 3. The molecule has 0 atom stereocenters. The van der Waals surface area contributed by atoms with Crippen LogP contribution in [0.4, 0.5) is 5.69 Å². The van der Waals surface area contributed by atoms with E-state index >= 15 is 0 Å². The summed E-state index contributed by atoms with van der Waals surface area (Å²) >= 11 is 6.16. The first-order valence-electron chi connectivity index (χ1n) is 12.7. The number of carbonyl (C=O) groups is 2. The van der Waals surface area contributed by atoms with E-state index in [-0.39, 0.29) is 17.3 Å². The van der Waals surface area contributed by atoms with E-state index in [4.69, 9.17) is 11.6 Å². The van der Waals surface area contributed by atoms with Gasteiger partial charge in [0.05, 0.1) is 17.7 Å². The van der Waals surface area contributed by atoms with Crippen LogP contribution in [0.25, 0.3) is 5.69 Å². The van der Waals surface area contributed by atoms with Gasteiger partial charge in [-0.25, -0.2) is 13.8 Å². The van der Waals surface area contributed by atoms with Crippen LogP contribution < -0.4 is 10.7 Å². The summed E-state index contributed by atoms with van der Waals surface area (Å²) in [6, 6.07) is 24.2. The molecule has 1 heterocycles. The summed E-state index contributed by atoms with van der Waals surface area (Å²) in [7, 11) is -4.07. The second kappa shape index (κ2) is 12.9. The lowest BCUT2D eigenvalue weighted by atomic mass is 10.2. The topological polar surface area (TPSA) is 113 Å². The number of nitrogens with one attached hydrogen (secondary N) is 2. The third kappa shape index (κ3) is 7.49. The highest BCUT2D eigenvalue weighted by molar-refractivity contribution is 7.89. The summed E-state index contributed by atoms with van der Waals surface area (Å²) in [5, 5.41) is 7.33. The van der Waals surface area contributed by atoms with E-state index in [9.17, 15) is 18.0 Å². The fourth-order valence-electron chi connectivity index (χ4n) is 4.38. The molecule has 0 fully saturated rings. The number of aryl methyl sites for hydroxylation is 1. The number of amides is 2. The fraction of sp³-hybridized carbons (Fsp3) is 0.167. The molecule has 4 aromatic rings. The van der Waals surface area contributed by atoms with Gasteiger partial charge in [0, 0.05) is 46.8 Å². The van der Waals surface area contributed by atoms with Crippen LogP contribution in [0.1, 0.15) is 29.4 Å². The quantitative estimate of drug-likeness (QED) is 0.198. The second-order valence-electron chi connectivity index (χ2n) is 9.40. The number of aromatic nitrogens is 1. The van der Waals surface area contributed by atoms with Crippen molar-refractivity contribution in [2.24, 2.45) is 5.10 Å². The largest absolute Gasteiger partial charge is 0.326 e. The summed E-state index contributed by atoms with van der Waals surface area (Å²) in [6.07, 6.45) is 1.53. The maximum absolute atomic E-state index is 13.6. The zero-order chi connectivity index (χ0) is 29.6. The Morgan fingerprint density at radius 2 is 1.68 bits per heavy atom. The van der Waals surface area contributed by atoms with Crippen LogP contribution in [-0.2, 0) is 26.2 Å². The van der Waals surface area contributed by atoms with Crippen molar-refractivity contribution in [2.75, 3.05) is 11.9 Å². The molecule has 0 spiro atoms. The molecule has 41 heavy (non-hydrogen) atoms. The first-order chi connectivity index (χ1) is 19.5. The number of carbonyl (C=O) groups excluding carboxylic acids is 2. The number of sulfonamides is 1. The van der Waals surface area contributed by atoms with Gasteiger partial charge in [-0.1, -0.05) is 48.0 Å². The Bertz CT molecular complexity index is 1680. The molecule has 9 nitrogen and oxygen atoms in total. The van der Waals surface area contributed by atoms with Crippen molar-refractivity contribution in [3.8, 4) is 5.69 Å². The lowest BCUT2D eigenvalue weighted by Crippen LogP contribution is -2.39. The summed E-state index contributed by atoms with van der Waals surface area (Å²) in [4.78, 5) is 24.2. The first kappa shape index (κ1) is 29.7. The Labute approximate surface area is 244 Å². The van der Waals surface area contributed by atoms with E-state index in [1.165, 1.54) is 37.4 Å². The molecule has 0 bridgehead atoms. The van der Waals surface area contributed by atoms with Crippen LogP contribution >= 0.6 is 11.6 Å². The van der Waals surface area contributed by atoms with E-state index in [1.54, 1.807) is 30.3 Å². The maximum Gasteiger partial charge on any atom is 0.255 e. The van der Waals surface area contributed by atoms with Crippen LogP contribution in [0.3, 0.4) is 0 Å². The SMILES string of the molecule is CC(=O)Nc1ccc(S(=O)(=O)N(CC(=O)N/N=C/c2cc(C)n(-c3cccc(Cl)c3)c2C)Cc2ccccc2)cc1. The van der Waals surface area contributed by atoms with Crippen LogP contribution in [0.15, 0.2) is 94.9 Å². The molecule has 0 saturated carbocycles.